The predicted molar refractivity (Wildman–Crippen MR) is 94.0 cm³/mol. The lowest BCUT2D eigenvalue weighted by molar-refractivity contribution is 0.0832. The van der Waals surface area contributed by atoms with Crippen molar-refractivity contribution in [2.45, 2.75) is 32.5 Å². The summed E-state index contributed by atoms with van der Waals surface area (Å²) in [6.07, 6.45) is 1.87. The normalized spacial score (nSPS) is 18.2. The molecule has 1 atom stereocenters. The van der Waals surface area contributed by atoms with Crippen molar-refractivity contribution in [3.8, 4) is 0 Å². The van der Waals surface area contributed by atoms with Crippen LogP contribution in [0.15, 0.2) is 11.6 Å². The molecule has 0 radical (unpaired) electrons. The highest BCUT2D eigenvalue weighted by molar-refractivity contribution is 7.09. The fraction of sp³-hybridized carbons (Fsp3) is 0.688. The van der Waals surface area contributed by atoms with E-state index in [9.17, 15) is 0 Å². The molecule has 7 nitrogen and oxygen atoms in total. The summed E-state index contributed by atoms with van der Waals surface area (Å²) in [6, 6.07) is 0. The average molecular weight is 350 g/mol. The Balaban J connectivity index is 1.68. The molecule has 3 rings (SSSR count). The first kappa shape index (κ1) is 17.5. The molecule has 3 heterocycles. The van der Waals surface area contributed by atoms with E-state index in [0.717, 1.165) is 50.0 Å². The number of aryl methyl sites for hydroxylation is 1. The molecule has 0 spiro atoms. The van der Waals surface area contributed by atoms with Crippen LogP contribution < -0.4 is 0 Å². The summed E-state index contributed by atoms with van der Waals surface area (Å²) in [4.78, 5) is 8.94. The Bertz CT molecular complexity index is 627. The number of nitrogens with zero attached hydrogens (tertiary/aromatic N) is 6. The topological polar surface area (TPSA) is 59.3 Å². The van der Waals surface area contributed by atoms with Crippen LogP contribution >= 0.6 is 11.3 Å². The van der Waals surface area contributed by atoms with Gasteiger partial charge in [-0.3, -0.25) is 4.90 Å². The van der Waals surface area contributed by atoms with Crippen LogP contribution in [0.2, 0.25) is 0 Å². The van der Waals surface area contributed by atoms with Gasteiger partial charge in [-0.15, -0.1) is 16.4 Å². The number of aromatic nitrogens is 4. The summed E-state index contributed by atoms with van der Waals surface area (Å²) in [6.45, 7) is 8.02. The van der Waals surface area contributed by atoms with Crippen molar-refractivity contribution < 1.29 is 4.74 Å². The van der Waals surface area contributed by atoms with Crippen LogP contribution in [0.25, 0.3) is 0 Å². The third-order valence-corrected chi connectivity index (χ3v) is 4.99. The maximum Gasteiger partial charge on any atom is 0.107 e. The molecule has 0 aromatic carbocycles. The van der Waals surface area contributed by atoms with Crippen LogP contribution in [0.3, 0.4) is 0 Å². The Morgan fingerprint density at radius 2 is 2.29 bits per heavy atom. The van der Waals surface area contributed by atoms with Crippen LogP contribution in [-0.4, -0.2) is 70.2 Å². The molecule has 24 heavy (non-hydrogen) atoms. The van der Waals surface area contributed by atoms with Gasteiger partial charge in [0.1, 0.15) is 10.7 Å². The van der Waals surface area contributed by atoms with Crippen LogP contribution in [0.4, 0.5) is 0 Å². The monoisotopic (exact) mass is 350 g/mol. The maximum absolute atomic E-state index is 5.94. The molecule has 2 aromatic rings. The van der Waals surface area contributed by atoms with Gasteiger partial charge in [0, 0.05) is 43.7 Å². The van der Waals surface area contributed by atoms with Crippen molar-refractivity contribution in [3.05, 3.63) is 28.0 Å². The summed E-state index contributed by atoms with van der Waals surface area (Å²) < 4.78 is 7.97. The van der Waals surface area contributed by atoms with Gasteiger partial charge in [0.15, 0.2) is 0 Å². The molecule has 1 unspecified atom stereocenters. The molecule has 8 heteroatoms. The van der Waals surface area contributed by atoms with Crippen molar-refractivity contribution in [2.24, 2.45) is 0 Å². The maximum atomic E-state index is 5.94. The fourth-order valence-corrected chi connectivity index (χ4v) is 3.73. The van der Waals surface area contributed by atoms with E-state index in [4.69, 9.17) is 4.74 Å². The minimum atomic E-state index is 0.311. The minimum Gasteiger partial charge on any atom is -0.379 e. The number of ether oxygens (including phenoxy) is 1. The molecule has 132 valence electrons. The highest BCUT2D eigenvalue weighted by atomic mass is 32.1. The van der Waals surface area contributed by atoms with E-state index in [1.807, 2.05) is 16.3 Å². The summed E-state index contributed by atoms with van der Waals surface area (Å²) in [5, 5.41) is 11.9. The lowest BCUT2D eigenvalue weighted by Gasteiger charge is -2.31. The Morgan fingerprint density at radius 1 is 1.42 bits per heavy atom. The Kier molecular flexibility index (Phi) is 5.94. The van der Waals surface area contributed by atoms with Crippen molar-refractivity contribution in [1.29, 1.82) is 0 Å². The number of hydrogen-bond acceptors (Lipinski definition) is 7. The van der Waals surface area contributed by atoms with Gasteiger partial charge >= 0.3 is 0 Å². The molecule has 0 saturated heterocycles. The molecule has 0 saturated carbocycles. The lowest BCUT2D eigenvalue weighted by Crippen LogP contribution is -2.36. The van der Waals surface area contributed by atoms with Crippen molar-refractivity contribution in [1.82, 2.24) is 29.8 Å². The summed E-state index contributed by atoms with van der Waals surface area (Å²) in [7, 11) is 4.13. The van der Waals surface area contributed by atoms with Gasteiger partial charge in [-0.1, -0.05) is 5.21 Å². The number of rotatable bonds is 8. The average Bonchev–Trinajstić information content (AvgIpc) is 3.20. The predicted octanol–water partition coefficient (Wildman–Crippen LogP) is 1.43. The Hall–Kier alpha value is -1.35. The summed E-state index contributed by atoms with van der Waals surface area (Å²) in [5.74, 6) is 0.311. The zero-order valence-corrected chi connectivity index (χ0v) is 15.5. The van der Waals surface area contributed by atoms with E-state index in [1.54, 1.807) is 11.3 Å². The second-order valence-corrected chi connectivity index (χ2v) is 7.39. The molecule has 0 fully saturated rings. The first-order valence-electron chi connectivity index (χ1n) is 8.42. The largest absolute Gasteiger partial charge is 0.379 e. The zero-order valence-electron chi connectivity index (χ0n) is 14.7. The first-order valence-corrected chi connectivity index (χ1v) is 9.30. The molecular weight excluding hydrogens is 324 g/mol. The molecule has 0 bridgehead atoms. The van der Waals surface area contributed by atoms with Gasteiger partial charge in [-0.25, -0.2) is 9.67 Å². The standard InChI is InChI=1S/C16H26N6OS/c1-4-22-16-13(12-23-7-6-20(2)3)9-21(10-14(16)18-19-22)11-15-17-5-8-24-15/h5,8,13H,4,6-7,9-12H2,1-3H3. The van der Waals surface area contributed by atoms with E-state index in [-0.39, 0.29) is 0 Å². The van der Waals surface area contributed by atoms with Crippen molar-refractivity contribution in [3.63, 3.8) is 0 Å². The van der Waals surface area contributed by atoms with Crippen molar-refractivity contribution >= 4 is 11.3 Å². The quantitative estimate of drug-likeness (QED) is 0.672. The molecule has 0 N–H and O–H groups in total. The Morgan fingerprint density at radius 3 is 3.00 bits per heavy atom. The minimum absolute atomic E-state index is 0.311. The molecule has 0 aliphatic carbocycles. The molecule has 2 aromatic heterocycles. The van der Waals surface area contributed by atoms with Gasteiger partial charge < -0.3 is 9.64 Å². The highest BCUT2D eigenvalue weighted by Gasteiger charge is 2.30. The molecule has 0 amide bonds. The van der Waals surface area contributed by atoms with Crippen LogP contribution in [0.1, 0.15) is 29.2 Å². The third-order valence-electron chi connectivity index (χ3n) is 4.23. The third kappa shape index (κ3) is 4.18. The van der Waals surface area contributed by atoms with E-state index in [2.05, 4.69) is 46.1 Å². The Labute approximate surface area is 147 Å². The van der Waals surface area contributed by atoms with Gasteiger partial charge in [0.05, 0.1) is 25.5 Å². The number of fused-ring (bicyclic) bond motifs is 1. The SMILES string of the molecule is CCn1nnc2c1C(COCCN(C)C)CN(Cc1nccs1)C2. The highest BCUT2D eigenvalue weighted by Crippen LogP contribution is 2.28. The van der Waals surface area contributed by atoms with Gasteiger partial charge in [-0.05, 0) is 21.0 Å². The van der Waals surface area contributed by atoms with Crippen molar-refractivity contribution in [2.75, 3.05) is 40.4 Å². The smallest absolute Gasteiger partial charge is 0.107 e. The lowest BCUT2D eigenvalue weighted by atomic mass is 9.99. The van der Waals surface area contributed by atoms with Gasteiger partial charge in [-0.2, -0.15) is 0 Å². The van der Waals surface area contributed by atoms with Gasteiger partial charge in [0.25, 0.3) is 0 Å². The number of hydrogen-bond donors (Lipinski definition) is 0. The zero-order chi connectivity index (χ0) is 16.9. The second-order valence-electron chi connectivity index (χ2n) is 6.41. The summed E-state index contributed by atoms with van der Waals surface area (Å²) >= 11 is 1.70. The number of likely N-dealkylation sites (N-methyl/N-ethyl adjacent to an activating group) is 1. The van der Waals surface area contributed by atoms with E-state index in [1.165, 1.54) is 5.69 Å². The fourth-order valence-electron chi connectivity index (χ4n) is 3.07. The second kappa shape index (κ2) is 8.15. The van der Waals surface area contributed by atoms with E-state index < -0.39 is 0 Å². The molecule has 1 aliphatic heterocycles. The van der Waals surface area contributed by atoms with E-state index >= 15 is 0 Å². The van der Waals surface area contributed by atoms with Crippen LogP contribution in [0, 0.1) is 0 Å². The van der Waals surface area contributed by atoms with E-state index in [0.29, 0.717) is 12.5 Å². The number of thiazole rings is 1. The first-order chi connectivity index (χ1) is 11.7. The summed E-state index contributed by atoms with van der Waals surface area (Å²) in [5.41, 5.74) is 2.33. The molecular formula is C16H26N6OS. The van der Waals surface area contributed by atoms with Gasteiger partial charge in [0.2, 0.25) is 0 Å². The van der Waals surface area contributed by atoms with Crippen LogP contribution in [0.5, 0.6) is 0 Å². The van der Waals surface area contributed by atoms with Crippen LogP contribution in [-0.2, 0) is 24.4 Å². The molecule has 1 aliphatic rings.